The highest BCUT2D eigenvalue weighted by Gasteiger charge is 2.36. The minimum Gasteiger partial charge on any atom is -0.309 e. The largest absolute Gasteiger partial charge is 0.309 e. The van der Waals surface area contributed by atoms with Crippen molar-refractivity contribution in [2.75, 3.05) is 0 Å². The second-order valence-corrected chi connectivity index (χ2v) is 19.2. The number of nitrogens with zero attached hydrogens (tertiary/aromatic N) is 5. The fourth-order valence-corrected chi connectivity index (χ4v) is 11.3. The van der Waals surface area contributed by atoms with Gasteiger partial charge in [-0.15, -0.1) is 0 Å². The Kier molecular flexibility index (Phi) is 9.17. The normalized spacial score (nSPS) is 12.8. The highest BCUT2D eigenvalue weighted by Crippen LogP contribution is 2.51. The Hall–Kier alpha value is -9.19. The van der Waals surface area contributed by atoms with Crippen molar-refractivity contribution in [2.45, 2.75) is 19.3 Å². The van der Waals surface area contributed by atoms with Crippen molar-refractivity contribution in [1.82, 2.24) is 24.1 Å². The molecule has 0 amide bonds. The maximum absolute atomic E-state index is 5.50. The number of hydrogen-bond acceptors (Lipinski definition) is 3. The number of benzene rings is 10. The van der Waals surface area contributed by atoms with Crippen LogP contribution in [0.1, 0.15) is 25.0 Å². The van der Waals surface area contributed by atoms with Crippen LogP contribution in [0.2, 0.25) is 0 Å². The highest BCUT2D eigenvalue weighted by atomic mass is 15.1. The number of aromatic nitrogens is 5. The van der Waals surface area contributed by atoms with Gasteiger partial charge in [-0.05, 0) is 105 Å². The van der Waals surface area contributed by atoms with E-state index in [0.717, 1.165) is 72.4 Å². The molecule has 0 N–H and O–H groups in total. The molecular weight excluding hydrogens is 863 g/mol. The summed E-state index contributed by atoms with van der Waals surface area (Å²) in [6.45, 7) is 4.72. The van der Waals surface area contributed by atoms with Crippen molar-refractivity contribution >= 4 is 43.6 Å². The average Bonchev–Trinajstić information content (AvgIpc) is 4.03. The predicted molar refractivity (Wildman–Crippen MR) is 293 cm³/mol. The minimum absolute atomic E-state index is 0.199. The molecule has 0 radical (unpaired) electrons. The van der Waals surface area contributed by atoms with E-state index in [1.807, 2.05) is 0 Å². The summed E-state index contributed by atoms with van der Waals surface area (Å²) in [6, 6.07) is 84.9. The first-order chi connectivity index (χ1) is 35.0. The fraction of sp³-hybridized carbons (Fsp3) is 0.0455. The quantitative estimate of drug-likeness (QED) is 0.160. The summed E-state index contributed by atoms with van der Waals surface area (Å²) in [4.78, 5) is 16.3. The maximum atomic E-state index is 5.50. The van der Waals surface area contributed by atoms with Gasteiger partial charge in [-0.2, -0.15) is 0 Å². The second-order valence-electron chi connectivity index (χ2n) is 19.2. The van der Waals surface area contributed by atoms with Gasteiger partial charge in [0.25, 0.3) is 0 Å². The monoisotopic (exact) mass is 907 g/mol. The maximum Gasteiger partial charge on any atom is 0.166 e. The third-order valence-electron chi connectivity index (χ3n) is 14.8. The summed E-state index contributed by atoms with van der Waals surface area (Å²) in [5.41, 5.74) is 18.8. The van der Waals surface area contributed by atoms with E-state index < -0.39 is 0 Å². The third-order valence-corrected chi connectivity index (χ3v) is 14.8. The van der Waals surface area contributed by atoms with Crippen molar-refractivity contribution < 1.29 is 0 Å². The lowest BCUT2D eigenvalue weighted by Crippen LogP contribution is -2.15. The molecule has 334 valence electrons. The van der Waals surface area contributed by atoms with Gasteiger partial charge in [-0.3, -0.25) is 0 Å². The summed E-state index contributed by atoms with van der Waals surface area (Å²) in [5.74, 6) is 1.79. The average molecular weight is 908 g/mol. The van der Waals surface area contributed by atoms with Gasteiger partial charge in [0.2, 0.25) is 0 Å². The van der Waals surface area contributed by atoms with Gasteiger partial charge in [0.05, 0.1) is 27.8 Å². The molecule has 0 aliphatic heterocycles. The molecule has 14 rings (SSSR count). The van der Waals surface area contributed by atoms with Crippen molar-refractivity contribution in [1.29, 1.82) is 0 Å². The Morgan fingerprint density at radius 3 is 1.38 bits per heavy atom. The molecule has 13 aromatic rings. The Labute approximate surface area is 411 Å². The van der Waals surface area contributed by atoms with Crippen LogP contribution in [0.25, 0.3) is 123 Å². The molecular formula is C66H45N5. The predicted octanol–water partition coefficient (Wildman–Crippen LogP) is 16.7. The highest BCUT2D eigenvalue weighted by molar-refractivity contribution is 6.13. The Bertz CT molecular complexity index is 4100. The van der Waals surface area contributed by atoms with Gasteiger partial charge in [0.1, 0.15) is 0 Å². The van der Waals surface area contributed by atoms with E-state index in [1.165, 1.54) is 43.8 Å². The van der Waals surface area contributed by atoms with Crippen LogP contribution in [-0.2, 0) is 5.41 Å². The van der Waals surface area contributed by atoms with E-state index in [9.17, 15) is 0 Å². The second kappa shape index (κ2) is 15.9. The standard InChI is InChI=1S/C66H45N5/c1-66(2)56-31-13-9-27-49(56)54-40-55-52-30-12-16-34-60(52)71(62(55)41-57(54)66)61-39-48(70-58-32-14-10-28-50(58)51-29-11-15-33-59(51)70)35-36-53(61)65-68-63(46-25-17-23-44(37-46)42-19-5-3-6-20-42)67-64(69-65)47-26-18-24-45(38-47)43-21-7-4-8-22-43/h3-41H,1-2H3. The Balaban J connectivity index is 1.07. The van der Waals surface area contributed by atoms with E-state index in [1.54, 1.807) is 0 Å². The molecule has 0 spiro atoms. The van der Waals surface area contributed by atoms with Gasteiger partial charge >= 0.3 is 0 Å². The van der Waals surface area contributed by atoms with Crippen LogP contribution >= 0.6 is 0 Å². The lowest BCUT2D eigenvalue weighted by atomic mass is 9.82. The molecule has 1 aliphatic carbocycles. The molecule has 3 heterocycles. The number of rotatable bonds is 7. The molecule has 0 saturated carbocycles. The van der Waals surface area contributed by atoms with Crippen molar-refractivity contribution in [2.24, 2.45) is 0 Å². The fourth-order valence-electron chi connectivity index (χ4n) is 11.3. The summed E-state index contributed by atoms with van der Waals surface area (Å²) < 4.78 is 4.86. The Morgan fingerprint density at radius 2 is 0.775 bits per heavy atom. The molecule has 0 atom stereocenters. The molecule has 1 aliphatic rings. The van der Waals surface area contributed by atoms with Crippen LogP contribution in [0.4, 0.5) is 0 Å². The summed E-state index contributed by atoms with van der Waals surface area (Å²) in [7, 11) is 0. The van der Waals surface area contributed by atoms with Crippen LogP contribution in [0.15, 0.2) is 237 Å². The molecule has 5 nitrogen and oxygen atoms in total. The number of fused-ring (bicyclic) bond motifs is 9. The molecule has 5 heteroatoms. The van der Waals surface area contributed by atoms with E-state index in [4.69, 9.17) is 15.0 Å². The SMILES string of the molecule is CC1(C)c2ccccc2-c2cc3c4ccccc4n(-c4cc(-n5c6ccccc6c6ccccc65)ccc4-c4nc(-c5cccc(-c6ccccc6)c5)nc(-c5cccc(-c6ccccc6)c5)n4)c3cc21. The number of para-hydroxylation sites is 3. The molecule has 10 aromatic carbocycles. The molecule has 0 unspecified atom stereocenters. The van der Waals surface area contributed by atoms with Crippen molar-refractivity contribution in [3.05, 3.63) is 248 Å². The lowest BCUT2D eigenvalue weighted by molar-refractivity contribution is 0.661. The Morgan fingerprint density at radius 1 is 0.296 bits per heavy atom. The topological polar surface area (TPSA) is 48.5 Å². The first kappa shape index (κ1) is 40.8. The zero-order chi connectivity index (χ0) is 47.2. The molecule has 0 bridgehead atoms. The summed E-state index contributed by atoms with van der Waals surface area (Å²) in [5, 5.41) is 4.82. The van der Waals surface area contributed by atoms with Crippen molar-refractivity contribution in [3.8, 4) is 78.9 Å². The van der Waals surface area contributed by atoms with Crippen molar-refractivity contribution in [3.63, 3.8) is 0 Å². The molecule has 3 aromatic heterocycles. The van der Waals surface area contributed by atoms with Gasteiger partial charge in [-0.1, -0.05) is 190 Å². The molecule has 71 heavy (non-hydrogen) atoms. The molecule has 0 fully saturated rings. The van der Waals surface area contributed by atoms with Crippen LogP contribution in [-0.4, -0.2) is 24.1 Å². The van der Waals surface area contributed by atoms with E-state index in [0.29, 0.717) is 17.5 Å². The van der Waals surface area contributed by atoms with Gasteiger partial charge in [-0.25, -0.2) is 15.0 Å². The van der Waals surface area contributed by atoms with Gasteiger partial charge in [0.15, 0.2) is 17.5 Å². The lowest BCUT2D eigenvalue weighted by Gasteiger charge is -2.22. The molecule has 0 saturated heterocycles. The summed E-state index contributed by atoms with van der Waals surface area (Å²) in [6.07, 6.45) is 0. The van der Waals surface area contributed by atoms with Crippen LogP contribution in [0, 0.1) is 0 Å². The van der Waals surface area contributed by atoms with Crippen LogP contribution < -0.4 is 0 Å². The van der Waals surface area contributed by atoms with Gasteiger partial charge < -0.3 is 9.13 Å². The first-order valence-electron chi connectivity index (χ1n) is 24.3. The summed E-state index contributed by atoms with van der Waals surface area (Å²) >= 11 is 0. The first-order valence-corrected chi connectivity index (χ1v) is 24.3. The van der Waals surface area contributed by atoms with E-state index in [-0.39, 0.29) is 5.41 Å². The zero-order valence-corrected chi connectivity index (χ0v) is 39.3. The number of hydrogen-bond donors (Lipinski definition) is 0. The third kappa shape index (κ3) is 6.51. The van der Waals surface area contributed by atoms with Gasteiger partial charge in [0, 0.05) is 49.3 Å². The smallest absolute Gasteiger partial charge is 0.166 e. The van der Waals surface area contributed by atoms with E-state index >= 15 is 0 Å². The van der Waals surface area contributed by atoms with E-state index in [2.05, 4.69) is 260 Å². The van der Waals surface area contributed by atoms with Crippen LogP contribution in [0.3, 0.4) is 0 Å². The minimum atomic E-state index is -0.199. The zero-order valence-electron chi connectivity index (χ0n) is 39.3. The van der Waals surface area contributed by atoms with Crippen LogP contribution in [0.5, 0.6) is 0 Å².